The van der Waals surface area contributed by atoms with Gasteiger partial charge in [-0.25, -0.2) is 0 Å². The molecule has 4 nitrogen and oxygen atoms in total. The Morgan fingerprint density at radius 2 is 1.84 bits per heavy atom. The molecule has 1 saturated carbocycles. The van der Waals surface area contributed by atoms with E-state index in [2.05, 4.69) is 17.1 Å². The van der Waals surface area contributed by atoms with Crippen LogP contribution in [0.4, 0.5) is 0 Å². The number of allylic oxidation sites excluding steroid dienone is 2. The van der Waals surface area contributed by atoms with Crippen molar-refractivity contribution in [3.63, 3.8) is 0 Å². The minimum absolute atomic E-state index is 0.100. The van der Waals surface area contributed by atoms with Gasteiger partial charge in [0.15, 0.2) is 6.61 Å². The fourth-order valence-electron chi connectivity index (χ4n) is 4.49. The molecule has 0 aromatic heterocycles. The van der Waals surface area contributed by atoms with Gasteiger partial charge in [-0.15, -0.1) is 0 Å². The molecule has 0 radical (unpaired) electrons. The molecule has 1 aliphatic heterocycles. The molecule has 3 atom stereocenters. The van der Waals surface area contributed by atoms with Crippen molar-refractivity contribution in [3.05, 3.63) is 42.0 Å². The minimum atomic E-state index is 0.100. The van der Waals surface area contributed by atoms with Crippen LogP contribution in [0.25, 0.3) is 0 Å². The lowest BCUT2D eigenvalue weighted by Crippen LogP contribution is -2.51. The van der Waals surface area contributed by atoms with Crippen LogP contribution in [0, 0.1) is 24.7 Å². The molecule has 1 aromatic carbocycles. The van der Waals surface area contributed by atoms with Crippen molar-refractivity contribution in [2.75, 3.05) is 39.3 Å². The Hall–Kier alpha value is -1.81. The number of amides is 1. The maximum Gasteiger partial charge on any atom is 0.260 e. The molecule has 2 bridgehead atoms. The number of piperazine rings is 1. The molecule has 1 amide bonds. The number of rotatable bonds is 5. The summed E-state index contributed by atoms with van der Waals surface area (Å²) >= 11 is 0. The number of carbonyl (C=O) groups is 1. The second-order valence-corrected chi connectivity index (χ2v) is 7.82. The van der Waals surface area contributed by atoms with Crippen LogP contribution in [0.5, 0.6) is 5.75 Å². The van der Waals surface area contributed by atoms with Crippen LogP contribution < -0.4 is 4.74 Å². The summed E-state index contributed by atoms with van der Waals surface area (Å²) in [7, 11) is 0. The number of carbonyl (C=O) groups excluding carboxylic acids is 1. The van der Waals surface area contributed by atoms with Gasteiger partial charge in [-0.3, -0.25) is 9.69 Å². The highest BCUT2D eigenvalue weighted by molar-refractivity contribution is 5.77. The molecule has 134 valence electrons. The molecule has 1 heterocycles. The number of hydrogen-bond donors (Lipinski definition) is 0. The van der Waals surface area contributed by atoms with Crippen LogP contribution >= 0.6 is 0 Å². The fraction of sp³-hybridized carbons (Fsp3) is 0.571. The summed E-state index contributed by atoms with van der Waals surface area (Å²) in [4.78, 5) is 16.9. The minimum Gasteiger partial charge on any atom is -0.484 e. The SMILES string of the molecule is Cc1ccc(OCC(=O)N2CCN(C[C@@H]3C[C@H]4C=C[C@@H]3C4)CC2)cc1. The predicted molar refractivity (Wildman–Crippen MR) is 98.5 cm³/mol. The quantitative estimate of drug-likeness (QED) is 0.773. The van der Waals surface area contributed by atoms with Crippen LogP contribution in [0.3, 0.4) is 0 Å². The third-order valence-electron chi connectivity index (χ3n) is 6.02. The van der Waals surface area contributed by atoms with Gasteiger partial charge in [-0.05, 0) is 49.7 Å². The molecule has 0 N–H and O–H groups in total. The van der Waals surface area contributed by atoms with E-state index in [4.69, 9.17) is 4.74 Å². The molecule has 25 heavy (non-hydrogen) atoms. The zero-order chi connectivity index (χ0) is 17.2. The average Bonchev–Trinajstić information content (AvgIpc) is 3.25. The van der Waals surface area contributed by atoms with Gasteiger partial charge in [-0.1, -0.05) is 29.8 Å². The van der Waals surface area contributed by atoms with E-state index >= 15 is 0 Å². The Balaban J connectivity index is 1.19. The second-order valence-electron chi connectivity index (χ2n) is 7.82. The first-order chi connectivity index (χ1) is 12.2. The monoisotopic (exact) mass is 340 g/mol. The van der Waals surface area contributed by atoms with E-state index in [-0.39, 0.29) is 12.5 Å². The van der Waals surface area contributed by atoms with Gasteiger partial charge in [0.05, 0.1) is 0 Å². The smallest absolute Gasteiger partial charge is 0.260 e. The van der Waals surface area contributed by atoms with Gasteiger partial charge >= 0.3 is 0 Å². The second kappa shape index (κ2) is 7.20. The highest BCUT2D eigenvalue weighted by Crippen LogP contribution is 2.43. The fourth-order valence-corrected chi connectivity index (χ4v) is 4.49. The molecule has 4 heteroatoms. The standard InChI is InChI=1S/C21H28N2O2/c1-16-2-6-20(7-3-16)25-15-21(24)23-10-8-22(9-11-23)14-19-13-17-4-5-18(19)12-17/h2-7,17-19H,8-15H2,1H3/t17-,18+,19-/m0/s1. The topological polar surface area (TPSA) is 32.8 Å². The maximum absolute atomic E-state index is 12.4. The summed E-state index contributed by atoms with van der Waals surface area (Å²) in [5, 5.41) is 0. The van der Waals surface area contributed by atoms with Crippen LogP contribution in [0.2, 0.25) is 0 Å². The number of hydrogen-bond acceptors (Lipinski definition) is 3. The Bertz CT molecular complexity index is 632. The summed E-state index contributed by atoms with van der Waals surface area (Å²) < 4.78 is 5.63. The van der Waals surface area contributed by atoms with Crippen LogP contribution in [0.15, 0.2) is 36.4 Å². The van der Waals surface area contributed by atoms with Crippen molar-refractivity contribution >= 4 is 5.91 Å². The highest BCUT2D eigenvalue weighted by atomic mass is 16.5. The first-order valence-electron chi connectivity index (χ1n) is 9.55. The van der Waals surface area contributed by atoms with Crippen molar-refractivity contribution in [1.82, 2.24) is 9.80 Å². The molecular formula is C21H28N2O2. The van der Waals surface area contributed by atoms with E-state index in [1.54, 1.807) is 0 Å². The number of ether oxygens (including phenoxy) is 1. The van der Waals surface area contributed by atoms with E-state index in [0.29, 0.717) is 0 Å². The lowest BCUT2D eigenvalue weighted by atomic mass is 9.93. The van der Waals surface area contributed by atoms with Crippen molar-refractivity contribution < 1.29 is 9.53 Å². The van der Waals surface area contributed by atoms with Gasteiger partial charge in [0.1, 0.15) is 5.75 Å². The van der Waals surface area contributed by atoms with Gasteiger partial charge in [-0.2, -0.15) is 0 Å². The Morgan fingerprint density at radius 1 is 1.08 bits per heavy atom. The van der Waals surface area contributed by atoms with Crippen LogP contribution in [-0.2, 0) is 4.79 Å². The molecule has 2 fully saturated rings. The molecule has 3 aliphatic rings. The molecule has 4 rings (SSSR count). The molecule has 0 unspecified atom stereocenters. The van der Waals surface area contributed by atoms with Gasteiger partial charge in [0.25, 0.3) is 5.91 Å². The van der Waals surface area contributed by atoms with Crippen LogP contribution in [-0.4, -0.2) is 55.0 Å². The van der Waals surface area contributed by atoms with E-state index in [1.807, 2.05) is 36.1 Å². The zero-order valence-electron chi connectivity index (χ0n) is 15.1. The average molecular weight is 340 g/mol. The third kappa shape index (κ3) is 3.90. The van der Waals surface area contributed by atoms with Crippen molar-refractivity contribution in [1.29, 1.82) is 0 Å². The van der Waals surface area contributed by atoms with E-state index in [1.165, 1.54) is 24.9 Å². The summed E-state index contributed by atoms with van der Waals surface area (Å²) in [5.74, 6) is 3.36. The van der Waals surface area contributed by atoms with E-state index in [9.17, 15) is 4.79 Å². The van der Waals surface area contributed by atoms with Crippen molar-refractivity contribution in [2.45, 2.75) is 19.8 Å². The Kier molecular flexibility index (Phi) is 4.80. The van der Waals surface area contributed by atoms with Gasteiger partial charge in [0, 0.05) is 32.7 Å². The third-order valence-corrected chi connectivity index (χ3v) is 6.02. The lowest BCUT2D eigenvalue weighted by Gasteiger charge is -2.36. The Morgan fingerprint density at radius 3 is 2.48 bits per heavy atom. The summed E-state index contributed by atoms with van der Waals surface area (Å²) in [6, 6.07) is 7.85. The Labute approximate surface area is 150 Å². The molecular weight excluding hydrogens is 312 g/mol. The first-order valence-corrected chi connectivity index (χ1v) is 9.55. The number of aryl methyl sites for hydroxylation is 1. The molecule has 1 aromatic rings. The zero-order valence-corrected chi connectivity index (χ0v) is 15.1. The lowest BCUT2D eigenvalue weighted by molar-refractivity contribution is -0.135. The number of nitrogens with zero attached hydrogens (tertiary/aromatic N) is 2. The molecule has 0 spiro atoms. The summed E-state index contributed by atoms with van der Waals surface area (Å²) in [6.07, 6.45) is 7.58. The number of benzene rings is 1. The number of fused-ring (bicyclic) bond motifs is 2. The molecule has 1 saturated heterocycles. The largest absolute Gasteiger partial charge is 0.484 e. The van der Waals surface area contributed by atoms with E-state index in [0.717, 1.165) is 49.7 Å². The van der Waals surface area contributed by atoms with Crippen LogP contribution in [0.1, 0.15) is 18.4 Å². The first kappa shape index (κ1) is 16.6. The molecule has 2 aliphatic carbocycles. The van der Waals surface area contributed by atoms with E-state index < -0.39 is 0 Å². The van der Waals surface area contributed by atoms with Gasteiger partial charge in [0.2, 0.25) is 0 Å². The van der Waals surface area contributed by atoms with Crippen molar-refractivity contribution in [3.8, 4) is 5.75 Å². The van der Waals surface area contributed by atoms with Gasteiger partial charge < -0.3 is 9.64 Å². The summed E-state index contributed by atoms with van der Waals surface area (Å²) in [5.41, 5.74) is 1.20. The summed E-state index contributed by atoms with van der Waals surface area (Å²) in [6.45, 7) is 7.02. The van der Waals surface area contributed by atoms with Crippen molar-refractivity contribution in [2.24, 2.45) is 17.8 Å². The predicted octanol–water partition coefficient (Wildman–Crippen LogP) is 2.73. The normalized spacial score (nSPS) is 28.5. The maximum atomic E-state index is 12.4. The highest BCUT2D eigenvalue weighted by Gasteiger charge is 2.36.